The third-order valence-electron chi connectivity index (χ3n) is 7.77. The van der Waals surface area contributed by atoms with E-state index in [1.54, 1.807) is 26.6 Å². The lowest BCUT2D eigenvalue weighted by atomic mass is 9.99. The molecule has 43 heavy (non-hydrogen) atoms. The Bertz CT molecular complexity index is 1670. The van der Waals surface area contributed by atoms with Crippen LogP contribution in [0.15, 0.2) is 78.9 Å². The van der Waals surface area contributed by atoms with E-state index < -0.39 is 5.82 Å². The van der Waals surface area contributed by atoms with Crippen LogP contribution in [0.4, 0.5) is 10.2 Å². The number of hydrogen-bond donors (Lipinski definition) is 0. The van der Waals surface area contributed by atoms with E-state index in [1.165, 1.54) is 35.7 Å². The number of carbonyl (C=O) groups excluding carboxylic acids is 3. The van der Waals surface area contributed by atoms with Crippen LogP contribution in [0.25, 0.3) is 16.9 Å². The first-order valence-corrected chi connectivity index (χ1v) is 15.4. The molecule has 0 aliphatic carbocycles. The van der Waals surface area contributed by atoms with E-state index in [1.807, 2.05) is 54.6 Å². The van der Waals surface area contributed by atoms with Gasteiger partial charge in [-0.1, -0.05) is 60.1 Å². The molecule has 6 rings (SSSR count). The molecule has 1 fully saturated rings. The summed E-state index contributed by atoms with van der Waals surface area (Å²) >= 11 is 8.17. The lowest BCUT2D eigenvalue weighted by Crippen LogP contribution is -2.53. The normalized spacial score (nSPS) is 17.0. The van der Waals surface area contributed by atoms with Gasteiger partial charge in [-0.3, -0.25) is 19.3 Å². The molecule has 2 aliphatic rings. The fraction of sp³-hybridized carbons (Fsp3) is 0.250. The number of halogens is 2. The van der Waals surface area contributed by atoms with Crippen LogP contribution in [0.1, 0.15) is 23.3 Å². The van der Waals surface area contributed by atoms with Gasteiger partial charge in [0.1, 0.15) is 18.2 Å². The quantitative estimate of drug-likeness (QED) is 0.308. The summed E-state index contributed by atoms with van der Waals surface area (Å²) in [6.45, 7) is 2.96. The van der Waals surface area contributed by atoms with Crippen molar-refractivity contribution >= 4 is 46.9 Å². The zero-order chi connectivity index (χ0) is 30.1. The Kier molecular flexibility index (Phi) is 8.23. The SMILES string of the molecule is CC(=O)N1CCN(C(=O)CN2C(=O)CSC(c3ccccc3Cl)c3c(-c4ccccc4)nn(-c4ccc(F)cc4)c32)CC1. The van der Waals surface area contributed by atoms with Crippen molar-refractivity contribution in [2.75, 3.05) is 43.4 Å². The highest BCUT2D eigenvalue weighted by Gasteiger charge is 2.39. The summed E-state index contributed by atoms with van der Waals surface area (Å²) in [6.07, 6.45) is 0. The van der Waals surface area contributed by atoms with Gasteiger partial charge in [0.2, 0.25) is 17.7 Å². The van der Waals surface area contributed by atoms with E-state index in [-0.39, 0.29) is 35.3 Å². The van der Waals surface area contributed by atoms with Crippen LogP contribution < -0.4 is 4.90 Å². The maximum absolute atomic E-state index is 14.0. The van der Waals surface area contributed by atoms with Crippen molar-refractivity contribution in [1.29, 1.82) is 0 Å². The summed E-state index contributed by atoms with van der Waals surface area (Å²) in [5.41, 5.74) is 3.59. The molecule has 2 aliphatic heterocycles. The van der Waals surface area contributed by atoms with Gasteiger partial charge in [0, 0.05) is 49.3 Å². The Morgan fingerprint density at radius 2 is 1.58 bits per heavy atom. The molecule has 220 valence electrons. The molecule has 0 bridgehead atoms. The molecule has 3 heterocycles. The van der Waals surface area contributed by atoms with Gasteiger partial charge in [0.25, 0.3) is 0 Å². The number of aromatic nitrogens is 2. The predicted molar refractivity (Wildman–Crippen MR) is 166 cm³/mol. The Hall–Kier alpha value is -4.15. The summed E-state index contributed by atoms with van der Waals surface area (Å²) in [5, 5.41) is 5.19. The minimum atomic E-state index is -0.400. The van der Waals surface area contributed by atoms with Crippen LogP contribution in [-0.4, -0.2) is 75.8 Å². The van der Waals surface area contributed by atoms with Gasteiger partial charge in [0.05, 0.1) is 22.4 Å². The average molecular weight is 618 g/mol. The molecular formula is C32H29ClFN5O3S. The van der Waals surface area contributed by atoms with Crippen LogP contribution in [0.5, 0.6) is 0 Å². The highest BCUT2D eigenvalue weighted by atomic mass is 35.5. The second-order valence-electron chi connectivity index (χ2n) is 10.4. The first-order valence-electron chi connectivity index (χ1n) is 14.0. The van der Waals surface area contributed by atoms with E-state index in [9.17, 15) is 18.8 Å². The summed E-state index contributed by atoms with van der Waals surface area (Å²) in [6, 6.07) is 23.1. The minimum absolute atomic E-state index is 0.0290. The third kappa shape index (κ3) is 5.77. The Balaban J connectivity index is 1.52. The van der Waals surface area contributed by atoms with Crippen LogP contribution in [0, 0.1) is 5.82 Å². The number of thioether (sulfide) groups is 1. The van der Waals surface area contributed by atoms with Gasteiger partial charge >= 0.3 is 0 Å². The number of benzene rings is 3. The maximum atomic E-state index is 14.0. The van der Waals surface area contributed by atoms with Crippen LogP contribution >= 0.6 is 23.4 Å². The lowest BCUT2D eigenvalue weighted by molar-refractivity contribution is -0.137. The van der Waals surface area contributed by atoms with E-state index in [2.05, 4.69) is 0 Å². The summed E-state index contributed by atoms with van der Waals surface area (Å²) in [5.74, 6) is -0.355. The molecular weight excluding hydrogens is 589 g/mol. The largest absolute Gasteiger partial charge is 0.339 e. The van der Waals surface area contributed by atoms with Gasteiger partial charge < -0.3 is 9.80 Å². The van der Waals surface area contributed by atoms with Crippen molar-refractivity contribution in [2.45, 2.75) is 12.2 Å². The lowest BCUT2D eigenvalue weighted by Gasteiger charge is -2.35. The first-order chi connectivity index (χ1) is 20.8. The average Bonchev–Trinajstić information content (AvgIpc) is 3.35. The number of amides is 3. The number of nitrogens with zero attached hydrogens (tertiary/aromatic N) is 5. The van der Waals surface area contributed by atoms with Crippen molar-refractivity contribution in [3.8, 4) is 16.9 Å². The van der Waals surface area contributed by atoms with Crippen molar-refractivity contribution in [3.05, 3.63) is 101 Å². The zero-order valence-corrected chi connectivity index (χ0v) is 25.0. The van der Waals surface area contributed by atoms with Gasteiger partial charge in [0.15, 0.2) is 0 Å². The molecule has 1 unspecified atom stereocenters. The van der Waals surface area contributed by atoms with Crippen molar-refractivity contribution in [3.63, 3.8) is 0 Å². The van der Waals surface area contributed by atoms with E-state index >= 15 is 0 Å². The first kappa shape index (κ1) is 28.9. The standard InChI is InChI=1S/C32H29ClFN5O3S/c1-21(40)36-15-17-37(18-16-36)27(41)19-38-28(42)20-43-31(25-9-5-6-10-26(25)33)29-30(22-7-3-2-4-8-22)35-39(32(29)38)24-13-11-23(34)12-14-24/h2-14,31H,15-20H2,1H3. The number of anilines is 1. The van der Waals surface area contributed by atoms with Gasteiger partial charge in [-0.15, -0.1) is 11.8 Å². The number of carbonyl (C=O) groups is 3. The molecule has 3 amide bonds. The molecule has 4 aromatic rings. The van der Waals surface area contributed by atoms with Crippen molar-refractivity contribution in [1.82, 2.24) is 19.6 Å². The smallest absolute Gasteiger partial charge is 0.242 e. The Morgan fingerprint density at radius 1 is 0.930 bits per heavy atom. The molecule has 1 aromatic heterocycles. The monoisotopic (exact) mass is 617 g/mol. The fourth-order valence-corrected chi connectivity index (χ4v) is 7.07. The molecule has 0 radical (unpaired) electrons. The number of hydrogen-bond acceptors (Lipinski definition) is 5. The number of piperazine rings is 1. The molecule has 11 heteroatoms. The highest BCUT2D eigenvalue weighted by Crippen LogP contribution is 2.49. The van der Waals surface area contributed by atoms with Gasteiger partial charge in [-0.2, -0.15) is 5.10 Å². The van der Waals surface area contributed by atoms with Crippen molar-refractivity contribution < 1.29 is 18.8 Å². The van der Waals surface area contributed by atoms with E-state index in [0.29, 0.717) is 48.4 Å². The molecule has 1 atom stereocenters. The van der Waals surface area contributed by atoms with Crippen LogP contribution in [-0.2, 0) is 14.4 Å². The van der Waals surface area contributed by atoms with Gasteiger partial charge in [-0.25, -0.2) is 9.07 Å². The number of rotatable bonds is 5. The van der Waals surface area contributed by atoms with Crippen LogP contribution in [0.2, 0.25) is 5.02 Å². The second-order valence-corrected chi connectivity index (χ2v) is 11.9. The van der Waals surface area contributed by atoms with Gasteiger partial charge in [-0.05, 0) is 35.9 Å². The van der Waals surface area contributed by atoms with E-state index in [0.717, 1.165) is 16.7 Å². The molecule has 1 saturated heterocycles. The van der Waals surface area contributed by atoms with Crippen LogP contribution in [0.3, 0.4) is 0 Å². The number of fused-ring (bicyclic) bond motifs is 1. The highest BCUT2D eigenvalue weighted by molar-refractivity contribution is 8.00. The topological polar surface area (TPSA) is 78.8 Å². The second kappa shape index (κ2) is 12.2. The summed E-state index contributed by atoms with van der Waals surface area (Å²) in [4.78, 5) is 44.4. The maximum Gasteiger partial charge on any atom is 0.242 e. The van der Waals surface area contributed by atoms with E-state index in [4.69, 9.17) is 16.7 Å². The summed E-state index contributed by atoms with van der Waals surface area (Å²) in [7, 11) is 0. The molecule has 0 saturated carbocycles. The van der Waals surface area contributed by atoms with Crippen molar-refractivity contribution in [2.24, 2.45) is 0 Å². The summed E-state index contributed by atoms with van der Waals surface area (Å²) < 4.78 is 15.6. The fourth-order valence-electron chi connectivity index (χ4n) is 5.53. The predicted octanol–water partition coefficient (Wildman–Crippen LogP) is 5.19. The zero-order valence-electron chi connectivity index (χ0n) is 23.5. The Morgan fingerprint density at radius 3 is 2.26 bits per heavy atom. The third-order valence-corrected chi connectivity index (χ3v) is 9.35. The Labute approximate surface area is 258 Å². The molecule has 8 nitrogen and oxygen atoms in total. The minimum Gasteiger partial charge on any atom is -0.339 e. The molecule has 0 N–H and O–H groups in total. The molecule has 0 spiro atoms. The molecule has 3 aromatic carbocycles.